The third kappa shape index (κ3) is 5.01. The second kappa shape index (κ2) is 8.40. The van der Waals surface area contributed by atoms with Gasteiger partial charge >= 0.3 is 0 Å². The lowest BCUT2D eigenvalue weighted by Gasteiger charge is -2.29. The Hall–Kier alpha value is -1.47. The molecule has 4 nitrogen and oxygen atoms in total. The smallest absolute Gasteiger partial charge is 0.182 e. The van der Waals surface area contributed by atoms with E-state index in [0.29, 0.717) is 12.5 Å². The Morgan fingerprint density at radius 2 is 1.91 bits per heavy atom. The van der Waals surface area contributed by atoms with E-state index in [1.165, 1.54) is 0 Å². The fraction of sp³-hybridized carbons (Fsp3) is 0.562. The topological polar surface area (TPSA) is 62.3 Å². The van der Waals surface area contributed by atoms with E-state index in [1.807, 2.05) is 4.81 Å². The van der Waals surface area contributed by atoms with E-state index in [4.69, 9.17) is 23.9 Å². The van der Waals surface area contributed by atoms with Gasteiger partial charge in [-0.1, -0.05) is 0 Å². The van der Waals surface area contributed by atoms with Crippen molar-refractivity contribution in [2.45, 2.75) is 25.7 Å². The molecule has 1 aromatic carbocycles. The third-order valence-corrected chi connectivity index (χ3v) is 4.20. The molecule has 7 heteroatoms. The maximum absolute atomic E-state index is 13.9. The van der Waals surface area contributed by atoms with Crippen molar-refractivity contribution < 1.29 is 13.5 Å². The lowest BCUT2D eigenvalue weighted by Crippen LogP contribution is -2.31. The third-order valence-electron chi connectivity index (χ3n) is 4.20. The van der Waals surface area contributed by atoms with Crippen molar-refractivity contribution in [2.24, 2.45) is 11.7 Å². The molecule has 0 saturated carbocycles. The van der Waals surface area contributed by atoms with E-state index < -0.39 is 11.6 Å². The Morgan fingerprint density at radius 1 is 1.30 bits per heavy atom. The minimum Gasteiger partial charge on any atom is -0.493 e. The van der Waals surface area contributed by atoms with Crippen LogP contribution in [0.25, 0.3) is 0 Å². The van der Waals surface area contributed by atoms with Gasteiger partial charge in [-0.25, -0.2) is 8.78 Å². The van der Waals surface area contributed by atoms with Gasteiger partial charge in [0.05, 0.1) is 17.9 Å². The first kappa shape index (κ1) is 17.9. The van der Waals surface area contributed by atoms with Crippen molar-refractivity contribution >= 4 is 13.7 Å². The van der Waals surface area contributed by atoms with Crippen molar-refractivity contribution in [3.63, 3.8) is 0 Å². The average Bonchev–Trinajstić information content (AvgIpc) is 2.52. The molecule has 0 unspecified atom stereocenters. The minimum atomic E-state index is -0.814. The number of nitrogens with two attached hydrogens (primary N) is 1. The zero-order valence-corrected chi connectivity index (χ0v) is 13.2. The summed E-state index contributed by atoms with van der Waals surface area (Å²) in [6, 6.07) is 2.21. The molecule has 1 aliphatic heterocycles. The molecule has 2 rings (SSSR count). The first-order valence-corrected chi connectivity index (χ1v) is 7.90. The van der Waals surface area contributed by atoms with Crippen LogP contribution in [-0.4, -0.2) is 44.7 Å². The first-order chi connectivity index (χ1) is 11.0. The maximum Gasteiger partial charge on any atom is 0.182 e. The molecule has 124 valence electrons. The summed E-state index contributed by atoms with van der Waals surface area (Å²) in [7, 11) is 5.71. The van der Waals surface area contributed by atoms with Gasteiger partial charge in [0.25, 0.3) is 0 Å². The van der Waals surface area contributed by atoms with Crippen LogP contribution in [0.2, 0.25) is 0 Å². The van der Waals surface area contributed by atoms with Crippen LogP contribution in [0, 0.1) is 23.0 Å². The summed E-state index contributed by atoms with van der Waals surface area (Å²) >= 11 is 0. The molecule has 0 aliphatic carbocycles. The molecular weight excluding hydrogens is 299 g/mol. The zero-order valence-electron chi connectivity index (χ0n) is 13.2. The highest BCUT2D eigenvalue weighted by Gasteiger charge is 2.17. The van der Waals surface area contributed by atoms with E-state index in [2.05, 4.69) is 0 Å². The largest absolute Gasteiger partial charge is 0.493 e. The van der Waals surface area contributed by atoms with Gasteiger partial charge in [0, 0.05) is 18.7 Å². The fourth-order valence-corrected chi connectivity index (χ4v) is 2.83. The molecule has 0 bridgehead atoms. The number of nitrogens with zero attached hydrogens (tertiary/aromatic N) is 1. The quantitative estimate of drug-likeness (QED) is 0.460. The molecule has 1 heterocycles. The second-order valence-electron chi connectivity index (χ2n) is 5.91. The molecule has 0 spiro atoms. The molecule has 1 saturated heterocycles. The van der Waals surface area contributed by atoms with Gasteiger partial charge in [0.15, 0.2) is 7.98 Å². The molecule has 1 aromatic rings. The Morgan fingerprint density at radius 3 is 2.48 bits per heavy atom. The van der Waals surface area contributed by atoms with E-state index in [9.17, 15) is 8.78 Å². The molecule has 1 aliphatic rings. The summed E-state index contributed by atoms with van der Waals surface area (Å²) in [4.78, 5) is 1.83. The fourth-order valence-electron chi connectivity index (χ4n) is 2.83. The van der Waals surface area contributed by atoms with Crippen LogP contribution in [0.4, 0.5) is 8.78 Å². The summed E-state index contributed by atoms with van der Waals surface area (Å²) in [5, 5.41) is 7.47. The highest BCUT2D eigenvalue weighted by atomic mass is 19.1. The molecule has 0 atom stereocenters. The number of piperidine rings is 1. The van der Waals surface area contributed by atoms with Gasteiger partial charge in [-0.2, -0.15) is 0 Å². The van der Waals surface area contributed by atoms with E-state index in [1.54, 1.807) is 0 Å². The molecular formula is C16H22BF2N3O. The zero-order chi connectivity index (χ0) is 16.8. The van der Waals surface area contributed by atoms with Crippen molar-refractivity contribution in [3.05, 3.63) is 29.3 Å². The van der Waals surface area contributed by atoms with Gasteiger partial charge in [-0.3, -0.25) is 0 Å². The summed E-state index contributed by atoms with van der Waals surface area (Å²) in [5.74, 6) is -0.846. The number of rotatable bonds is 7. The van der Waals surface area contributed by atoms with Crippen LogP contribution < -0.4 is 10.5 Å². The Bertz CT molecular complexity index is 525. The van der Waals surface area contributed by atoms with Crippen molar-refractivity contribution in [1.29, 1.82) is 5.41 Å². The molecule has 3 N–H and O–H groups in total. The second-order valence-corrected chi connectivity index (χ2v) is 5.91. The van der Waals surface area contributed by atoms with Crippen LogP contribution in [0.3, 0.4) is 0 Å². The Balaban J connectivity index is 1.81. The molecule has 1 fully saturated rings. The molecule has 0 amide bonds. The maximum atomic E-state index is 13.9. The van der Waals surface area contributed by atoms with Crippen molar-refractivity contribution in [3.8, 4) is 5.75 Å². The molecule has 2 radical (unpaired) electrons. The number of nitrogens with one attached hydrogen (secondary N) is 1. The van der Waals surface area contributed by atoms with Crippen LogP contribution in [-0.2, 0) is 0 Å². The first-order valence-electron chi connectivity index (χ1n) is 7.90. The summed E-state index contributed by atoms with van der Waals surface area (Å²) in [6.07, 6.45) is 4.01. The van der Waals surface area contributed by atoms with E-state index in [0.717, 1.165) is 50.9 Å². The lowest BCUT2D eigenvalue weighted by atomic mass is 9.91. The lowest BCUT2D eigenvalue weighted by molar-refractivity contribution is 0.241. The summed E-state index contributed by atoms with van der Waals surface area (Å²) in [5.41, 5.74) is 4.61. The Kier molecular flexibility index (Phi) is 6.53. The van der Waals surface area contributed by atoms with Crippen LogP contribution in [0.1, 0.15) is 31.2 Å². The monoisotopic (exact) mass is 321 g/mol. The van der Waals surface area contributed by atoms with Gasteiger partial charge in [-0.15, -0.1) is 0 Å². The predicted octanol–water partition coefficient (Wildman–Crippen LogP) is 2.25. The van der Waals surface area contributed by atoms with Gasteiger partial charge in [0.2, 0.25) is 0 Å². The van der Waals surface area contributed by atoms with Gasteiger partial charge < -0.3 is 20.7 Å². The summed E-state index contributed by atoms with van der Waals surface area (Å²) in [6.45, 7) is 2.03. The minimum absolute atomic E-state index is 0.144. The molecule has 0 aromatic heterocycles. The summed E-state index contributed by atoms with van der Waals surface area (Å²) < 4.78 is 33.1. The van der Waals surface area contributed by atoms with Crippen LogP contribution in [0.15, 0.2) is 12.1 Å². The Labute approximate surface area is 136 Å². The average molecular weight is 321 g/mol. The van der Waals surface area contributed by atoms with Crippen molar-refractivity contribution in [1.82, 2.24) is 4.81 Å². The van der Waals surface area contributed by atoms with Crippen LogP contribution >= 0.6 is 0 Å². The molecule has 23 heavy (non-hydrogen) atoms. The van der Waals surface area contributed by atoms with Crippen LogP contribution in [0.5, 0.6) is 5.75 Å². The van der Waals surface area contributed by atoms with E-state index >= 15 is 0 Å². The standard InChI is InChI=1S/C16H22BF2N3O/c17-22-5-3-11(4-6-22)2-1-7-23-12-8-13(18)16(14(19)9-12)15(21)10-20/h8-9,11,21H,1-7,10,20H2. The number of hydrogen-bond donors (Lipinski definition) is 2. The van der Waals surface area contributed by atoms with Crippen molar-refractivity contribution in [2.75, 3.05) is 26.2 Å². The highest BCUT2D eigenvalue weighted by molar-refractivity contribution is 6.04. The van der Waals surface area contributed by atoms with E-state index in [-0.39, 0.29) is 23.6 Å². The number of halogens is 2. The number of hydrogen-bond acceptors (Lipinski definition) is 4. The number of ether oxygens (including phenoxy) is 1. The highest BCUT2D eigenvalue weighted by Crippen LogP contribution is 2.23. The van der Waals surface area contributed by atoms with Gasteiger partial charge in [0.1, 0.15) is 17.4 Å². The number of benzene rings is 1. The normalized spacial score (nSPS) is 16.5. The SMILES string of the molecule is [B]N1CCC(CCCOc2cc(F)c(C(=N)CN)c(F)c2)CC1. The predicted molar refractivity (Wildman–Crippen MR) is 87.0 cm³/mol. The van der Waals surface area contributed by atoms with Gasteiger partial charge in [-0.05, 0) is 44.7 Å².